The van der Waals surface area contributed by atoms with Gasteiger partial charge in [0.2, 0.25) is 0 Å². The van der Waals surface area contributed by atoms with E-state index in [9.17, 15) is 0 Å². The predicted octanol–water partition coefficient (Wildman–Crippen LogP) is 5.38. The van der Waals surface area contributed by atoms with Crippen LogP contribution in [0.1, 0.15) is 70.3 Å². The zero-order chi connectivity index (χ0) is 14.9. The number of rotatable bonds is 8. The quantitative estimate of drug-likeness (QED) is 0.677. The Hall–Kier alpha value is -0.820. The van der Waals surface area contributed by atoms with Crippen molar-refractivity contribution in [3.63, 3.8) is 0 Å². The third kappa shape index (κ3) is 5.47. The zero-order valence-electron chi connectivity index (χ0n) is 14.0. The average molecular weight is 287 g/mol. The van der Waals surface area contributed by atoms with Gasteiger partial charge in [0, 0.05) is 0 Å². The molecule has 0 spiro atoms. The fourth-order valence-corrected chi connectivity index (χ4v) is 4.00. The van der Waals surface area contributed by atoms with Crippen LogP contribution in [0.2, 0.25) is 0 Å². The highest BCUT2D eigenvalue weighted by atomic mass is 14.9. The Morgan fingerprint density at radius 3 is 2.43 bits per heavy atom. The molecule has 1 nitrogen and oxygen atoms in total. The lowest BCUT2D eigenvalue weighted by Crippen LogP contribution is -2.29. The van der Waals surface area contributed by atoms with Crippen molar-refractivity contribution >= 4 is 0 Å². The molecule has 21 heavy (non-hydrogen) atoms. The molecule has 1 N–H and O–H groups in total. The molecule has 2 unspecified atom stereocenters. The number of piperidine rings is 1. The predicted molar refractivity (Wildman–Crippen MR) is 92.7 cm³/mol. The van der Waals surface area contributed by atoms with Crippen LogP contribution in [0.15, 0.2) is 30.3 Å². The van der Waals surface area contributed by atoms with Gasteiger partial charge in [0.1, 0.15) is 0 Å². The Bertz CT molecular complexity index is 367. The minimum absolute atomic E-state index is 0.754. The molecular formula is C20H33N. The molecule has 1 aliphatic rings. The molecule has 1 saturated heterocycles. The Kier molecular flexibility index (Phi) is 7.29. The summed E-state index contributed by atoms with van der Waals surface area (Å²) in [6, 6.07) is 11.2. The van der Waals surface area contributed by atoms with Crippen LogP contribution in [0.4, 0.5) is 0 Å². The van der Waals surface area contributed by atoms with Gasteiger partial charge in [-0.2, -0.15) is 0 Å². The molecule has 0 saturated carbocycles. The molecule has 2 atom stereocenters. The van der Waals surface area contributed by atoms with Crippen LogP contribution in [0, 0.1) is 11.8 Å². The minimum atomic E-state index is 0.754. The van der Waals surface area contributed by atoms with Crippen LogP contribution in [-0.2, 0) is 0 Å². The van der Waals surface area contributed by atoms with Crippen LogP contribution in [0.5, 0.6) is 0 Å². The average Bonchev–Trinajstić information content (AvgIpc) is 2.54. The first kappa shape index (κ1) is 16.5. The fourth-order valence-electron chi connectivity index (χ4n) is 4.00. The summed E-state index contributed by atoms with van der Waals surface area (Å²) in [6.45, 7) is 7.17. The van der Waals surface area contributed by atoms with E-state index in [1.165, 1.54) is 58.0 Å². The van der Waals surface area contributed by atoms with Crippen LogP contribution >= 0.6 is 0 Å². The summed E-state index contributed by atoms with van der Waals surface area (Å²) in [5.41, 5.74) is 1.55. The number of benzene rings is 1. The lowest BCUT2D eigenvalue weighted by molar-refractivity contribution is 0.266. The second-order valence-corrected chi connectivity index (χ2v) is 6.84. The molecule has 2 rings (SSSR count). The summed E-state index contributed by atoms with van der Waals surface area (Å²) in [7, 11) is 0. The first-order valence-electron chi connectivity index (χ1n) is 9.09. The highest BCUT2D eigenvalue weighted by Gasteiger charge is 2.21. The lowest BCUT2D eigenvalue weighted by Gasteiger charge is -2.29. The fraction of sp³-hybridized carbons (Fsp3) is 0.700. The highest BCUT2D eigenvalue weighted by Crippen LogP contribution is 2.34. The van der Waals surface area contributed by atoms with E-state index >= 15 is 0 Å². The van der Waals surface area contributed by atoms with Gasteiger partial charge in [-0.05, 0) is 68.5 Å². The normalized spacial score (nSPS) is 19.3. The van der Waals surface area contributed by atoms with Crippen molar-refractivity contribution in [1.82, 2.24) is 5.32 Å². The molecule has 1 heteroatoms. The van der Waals surface area contributed by atoms with Gasteiger partial charge in [-0.3, -0.25) is 0 Å². The second-order valence-electron chi connectivity index (χ2n) is 6.84. The number of nitrogens with one attached hydrogen (secondary N) is 1. The van der Waals surface area contributed by atoms with Gasteiger partial charge in [-0.25, -0.2) is 0 Å². The Labute approximate surface area is 131 Å². The molecule has 118 valence electrons. The molecular weight excluding hydrogens is 254 g/mol. The minimum Gasteiger partial charge on any atom is -0.317 e. The van der Waals surface area contributed by atoms with Crippen molar-refractivity contribution in [2.24, 2.45) is 11.8 Å². The largest absolute Gasteiger partial charge is 0.317 e. The molecule has 0 bridgehead atoms. The van der Waals surface area contributed by atoms with Crippen molar-refractivity contribution < 1.29 is 0 Å². The molecule has 1 aromatic rings. The van der Waals surface area contributed by atoms with E-state index in [1.807, 2.05) is 0 Å². The summed E-state index contributed by atoms with van der Waals surface area (Å²) in [5.74, 6) is 2.64. The molecule has 1 fully saturated rings. The van der Waals surface area contributed by atoms with E-state index < -0.39 is 0 Å². The third-order valence-electron chi connectivity index (χ3n) is 5.20. The molecule has 1 aliphatic heterocycles. The van der Waals surface area contributed by atoms with Crippen LogP contribution in [0.3, 0.4) is 0 Å². The van der Waals surface area contributed by atoms with E-state index in [-0.39, 0.29) is 0 Å². The lowest BCUT2D eigenvalue weighted by atomic mass is 9.79. The van der Waals surface area contributed by atoms with E-state index in [4.69, 9.17) is 0 Å². The maximum absolute atomic E-state index is 3.50. The molecule has 0 radical (unpaired) electrons. The summed E-state index contributed by atoms with van der Waals surface area (Å²) < 4.78 is 0. The first-order chi connectivity index (χ1) is 10.3. The summed E-state index contributed by atoms with van der Waals surface area (Å²) in [5, 5.41) is 3.50. The maximum atomic E-state index is 3.50. The Morgan fingerprint density at radius 2 is 1.81 bits per heavy atom. The molecule has 0 aromatic heterocycles. The van der Waals surface area contributed by atoms with E-state index in [0.29, 0.717) is 0 Å². The van der Waals surface area contributed by atoms with E-state index in [2.05, 4.69) is 49.5 Å². The Morgan fingerprint density at radius 1 is 1.10 bits per heavy atom. The smallest absolute Gasteiger partial charge is 0.00463 e. The monoisotopic (exact) mass is 287 g/mol. The zero-order valence-corrected chi connectivity index (χ0v) is 14.0. The molecule has 0 aliphatic carbocycles. The van der Waals surface area contributed by atoms with Gasteiger partial charge in [0.15, 0.2) is 0 Å². The van der Waals surface area contributed by atoms with Crippen LogP contribution in [-0.4, -0.2) is 13.1 Å². The van der Waals surface area contributed by atoms with Crippen molar-refractivity contribution in [2.45, 2.75) is 64.7 Å². The maximum Gasteiger partial charge on any atom is -0.00463 e. The van der Waals surface area contributed by atoms with Crippen LogP contribution < -0.4 is 5.32 Å². The van der Waals surface area contributed by atoms with Gasteiger partial charge in [-0.15, -0.1) is 0 Å². The van der Waals surface area contributed by atoms with Crippen molar-refractivity contribution in [2.75, 3.05) is 13.1 Å². The number of hydrogen-bond donors (Lipinski definition) is 1. The molecule has 0 amide bonds. The summed E-state index contributed by atoms with van der Waals surface area (Å²) in [4.78, 5) is 0. The Balaban J connectivity index is 1.93. The van der Waals surface area contributed by atoms with Gasteiger partial charge < -0.3 is 5.32 Å². The number of hydrogen-bond acceptors (Lipinski definition) is 1. The standard InChI is InChI=1S/C20H33N/c1-3-8-18(15-17-11-13-21-14-12-17)16-19(4-2)20-9-6-5-7-10-20/h5-7,9-10,17-19,21H,3-4,8,11-16H2,1-2H3. The third-order valence-corrected chi connectivity index (χ3v) is 5.20. The first-order valence-corrected chi connectivity index (χ1v) is 9.09. The van der Waals surface area contributed by atoms with Gasteiger partial charge in [0.05, 0.1) is 0 Å². The summed E-state index contributed by atoms with van der Waals surface area (Å²) in [6.07, 6.45) is 9.65. The second kappa shape index (κ2) is 9.25. The van der Waals surface area contributed by atoms with Gasteiger partial charge in [0.25, 0.3) is 0 Å². The molecule has 1 aromatic carbocycles. The topological polar surface area (TPSA) is 12.0 Å². The highest BCUT2D eigenvalue weighted by molar-refractivity contribution is 5.19. The van der Waals surface area contributed by atoms with E-state index in [0.717, 1.165) is 17.8 Å². The van der Waals surface area contributed by atoms with Crippen molar-refractivity contribution in [1.29, 1.82) is 0 Å². The van der Waals surface area contributed by atoms with E-state index in [1.54, 1.807) is 5.56 Å². The van der Waals surface area contributed by atoms with Crippen molar-refractivity contribution in [3.8, 4) is 0 Å². The SMILES string of the molecule is CCCC(CC1CCNCC1)CC(CC)c1ccccc1. The summed E-state index contributed by atoms with van der Waals surface area (Å²) >= 11 is 0. The van der Waals surface area contributed by atoms with Crippen molar-refractivity contribution in [3.05, 3.63) is 35.9 Å². The molecule has 1 heterocycles. The van der Waals surface area contributed by atoms with Gasteiger partial charge in [-0.1, -0.05) is 57.0 Å². The van der Waals surface area contributed by atoms with Gasteiger partial charge >= 0.3 is 0 Å². The van der Waals surface area contributed by atoms with Crippen LogP contribution in [0.25, 0.3) is 0 Å².